The van der Waals surface area contributed by atoms with E-state index in [1.54, 1.807) is 39.0 Å². The molecule has 43 heavy (non-hydrogen) atoms. The summed E-state index contributed by atoms with van der Waals surface area (Å²) < 4.78 is 11.5. The van der Waals surface area contributed by atoms with Crippen molar-refractivity contribution < 1.29 is 38.2 Å². The topological polar surface area (TPSA) is 228 Å². The summed E-state index contributed by atoms with van der Waals surface area (Å²) in [7, 11) is 0. The van der Waals surface area contributed by atoms with Crippen molar-refractivity contribution in [2.24, 2.45) is 5.73 Å². The van der Waals surface area contributed by atoms with Crippen LogP contribution in [-0.2, 0) is 25.6 Å². The van der Waals surface area contributed by atoms with Crippen molar-refractivity contribution in [2.45, 2.75) is 51.8 Å². The van der Waals surface area contributed by atoms with Crippen molar-refractivity contribution in [1.29, 1.82) is 5.41 Å². The Kier molecular flexibility index (Phi) is 10.5. The number of fused-ring (bicyclic) bond motifs is 1. The molecule has 0 unspecified atom stereocenters. The Bertz CT molecular complexity index is 1400. The minimum Gasteiger partial charge on any atom is -0.458 e. The van der Waals surface area contributed by atoms with Gasteiger partial charge in [-0.1, -0.05) is 18.2 Å². The average molecular weight is 599 g/mol. The molecule has 1 atom stereocenters. The normalized spacial score (nSPS) is 13.3. The van der Waals surface area contributed by atoms with Gasteiger partial charge in [-0.15, -0.1) is 0 Å². The number of alkyl carbamates (subject to hydrolysis) is 1. The first-order valence-electron chi connectivity index (χ1n) is 13.3. The first kappa shape index (κ1) is 32.2. The van der Waals surface area contributed by atoms with Crippen molar-refractivity contribution in [3.63, 3.8) is 0 Å². The van der Waals surface area contributed by atoms with Crippen LogP contribution in [-0.4, -0.2) is 87.7 Å². The second-order valence-electron chi connectivity index (χ2n) is 10.5. The Morgan fingerprint density at radius 1 is 1.12 bits per heavy atom. The van der Waals surface area contributed by atoms with E-state index < -0.39 is 54.0 Å². The number of amides is 4. The Morgan fingerprint density at radius 3 is 2.47 bits per heavy atom. The van der Waals surface area contributed by atoms with Gasteiger partial charge < -0.3 is 30.7 Å². The minimum absolute atomic E-state index is 0.0666. The van der Waals surface area contributed by atoms with Crippen LogP contribution in [0.4, 0.5) is 4.79 Å². The van der Waals surface area contributed by atoms with Gasteiger partial charge in [0, 0.05) is 32.1 Å². The molecule has 2 aromatic rings. The molecule has 3 rings (SSSR count). The number of aromatic nitrogens is 2. The summed E-state index contributed by atoms with van der Waals surface area (Å²) in [5, 5.41) is 18.2. The number of esters is 2. The number of rotatable bonds is 10. The lowest BCUT2D eigenvalue weighted by molar-refractivity contribution is -0.157. The predicted molar refractivity (Wildman–Crippen MR) is 150 cm³/mol. The zero-order valence-corrected chi connectivity index (χ0v) is 24.0. The van der Waals surface area contributed by atoms with Crippen LogP contribution in [0, 0.1) is 5.41 Å². The summed E-state index contributed by atoms with van der Waals surface area (Å²) >= 11 is 0. The molecule has 0 fully saturated rings. The molecule has 230 valence electrons. The molecule has 0 bridgehead atoms. The van der Waals surface area contributed by atoms with Gasteiger partial charge in [0.2, 0.25) is 5.91 Å². The van der Waals surface area contributed by atoms with Crippen LogP contribution in [0.3, 0.4) is 0 Å². The maximum absolute atomic E-state index is 12.9. The van der Waals surface area contributed by atoms with Gasteiger partial charge in [0.05, 0.1) is 12.1 Å². The smallest absolute Gasteiger partial charge is 0.415 e. The largest absolute Gasteiger partial charge is 0.458 e. The van der Waals surface area contributed by atoms with Crippen LogP contribution >= 0.6 is 0 Å². The molecule has 0 saturated carbocycles. The maximum Gasteiger partial charge on any atom is 0.415 e. The SMILES string of the molecule is CC(C)(C)OC(=O)[C@H](CNC(=O)c1cc2n(n1)CCN(CCCC(=O)NC(=N)N)C2=O)NC(=O)OC(=O)c1ccccc1. The molecule has 1 aromatic carbocycles. The number of nitrogens with one attached hydrogen (secondary N) is 4. The minimum atomic E-state index is -1.42. The van der Waals surface area contributed by atoms with E-state index in [0.717, 1.165) is 0 Å². The second kappa shape index (κ2) is 14.1. The lowest BCUT2D eigenvalue weighted by Gasteiger charge is -2.27. The van der Waals surface area contributed by atoms with Gasteiger partial charge in [-0.05, 0) is 39.3 Å². The summed E-state index contributed by atoms with van der Waals surface area (Å²) in [4.78, 5) is 76.4. The summed E-state index contributed by atoms with van der Waals surface area (Å²) in [5.41, 5.74) is 4.39. The van der Waals surface area contributed by atoms with Gasteiger partial charge in [0.25, 0.3) is 11.8 Å². The third kappa shape index (κ3) is 9.65. The highest BCUT2D eigenvalue weighted by atomic mass is 16.6. The number of guanidine groups is 1. The summed E-state index contributed by atoms with van der Waals surface area (Å²) in [5.74, 6) is -3.83. The van der Waals surface area contributed by atoms with E-state index in [4.69, 9.17) is 20.6 Å². The number of carbonyl (C=O) groups is 6. The summed E-state index contributed by atoms with van der Waals surface area (Å²) in [6, 6.07) is 7.64. The quantitative estimate of drug-likeness (QED) is 0.107. The highest BCUT2D eigenvalue weighted by molar-refractivity contribution is 5.99. The fraction of sp³-hybridized carbons (Fsp3) is 0.407. The number of carbonyl (C=O) groups excluding carboxylic acids is 6. The van der Waals surface area contributed by atoms with Crippen LogP contribution in [0.1, 0.15) is 64.9 Å². The molecule has 1 aliphatic rings. The van der Waals surface area contributed by atoms with Crippen molar-refractivity contribution >= 4 is 41.7 Å². The van der Waals surface area contributed by atoms with Gasteiger partial charge in [-0.3, -0.25) is 29.8 Å². The standard InChI is InChI=1S/C27H34N8O8/c1-27(2,3)43-24(40)18(31-26(41)42-23(39)16-8-5-4-6-9-16)15-30-21(37)17-14-19-22(38)34(12-13-35(19)33-17)11-7-10-20(36)32-25(28)29/h4-6,8-9,14,18H,7,10-13,15H2,1-3H3,(H,30,37)(H,31,41)(H4,28,29,32,36)/t18-/m0/s1. The van der Waals surface area contributed by atoms with E-state index in [1.165, 1.54) is 27.8 Å². The zero-order valence-electron chi connectivity index (χ0n) is 24.0. The van der Waals surface area contributed by atoms with E-state index in [2.05, 4.69) is 21.0 Å². The summed E-state index contributed by atoms with van der Waals surface area (Å²) in [6.07, 6.45) is -0.817. The van der Waals surface area contributed by atoms with E-state index in [-0.39, 0.29) is 35.8 Å². The second-order valence-corrected chi connectivity index (χ2v) is 10.5. The third-order valence-electron chi connectivity index (χ3n) is 5.85. The molecular formula is C27H34N8O8. The molecule has 1 aromatic heterocycles. The van der Waals surface area contributed by atoms with Crippen molar-refractivity contribution in [1.82, 2.24) is 30.6 Å². The number of hydrogen-bond acceptors (Lipinski definition) is 10. The summed E-state index contributed by atoms with van der Waals surface area (Å²) in [6.45, 7) is 5.29. The first-order valence-corrected chi connectivity index (χ1v) is 13.3. The van der Waals surface area contributed by atoms with E-state index in [0.29, 0.717) is 19.5 Å². The lowest BCUT2D eigenvalue weighted by Crippen LogP contribution is -2.51. The first-order chi connectivity index (χ1) is 20.2. The number of ether oxygens (including phenoxy) is 2. The molecule has 0 radical (unpaired) electrons. The van der Waals surface area contributed by atoms with Crippen LogP contribution in [0.25, 0.3) is 0 Å². The number of nitrogens with two attached hydrogens (primary N) is 1. The molecule has 2 heterocycles. The molecule has 16 nitrogen and oxygen atoms in total. The number of nitrogens with zero attached hydrogens (tertiary/aromatic N) is 3. The van der Waals surface area contributed by atoms with E-state index >= 15 is 0 Å². The zero-order chi connectivity index (χ0) is 31.7. The van der Waals surface area contributed by atoms with Crippen LogP contribution in [0.2, 0.25) is 0 Å². The van der Waals surface area contributed by atoms with Gasteiger partial charge in [-0.25, -0.2) is 14.4 Å². The predicted octanol–water partition coefficient (Wildman–Crippen LogP) is 0.135. The Morgan fingerprint density at radius 2 is 1.81 bits per heavy atom. The highest BCUT2D eigenvalue weighted by Crippen LogP contribution is 2.15. The molecule has 1 aliphatic heterocycles. The number of hydrogen-bond donors (Lipinski definition) is 5. The average Bonchev–Trinajstić information content (AvgIpc) is 3.36. The molecule has 0 spiro atoms. The maximum atomic E-state index is 12.9. The van der Waals surface area contributed by atoms with Crippen molar-refractivity contribution in [2.75, 3.05) is 19.6 Å². The Hall–Kier alpha value is -5.28. The van der Waals surface area contributed by atoms with Crippen LogP contribution in [0.5, 0.6) is 0 Å². The molecule has 16 heteroatoms. The monoisotopic (exact) mass is 598 g/mol. The number of benzene rings is 1. The van der Waals surface area contributed by atoms with Crippen LogP contribution in [0.15, 0.2) is 36.4 Å². The van der Waals surface area contributed by atoms with Gasteiger partial charge in [-0.2, -0.15) is 5.10 Å². The molecular weight excluding hydrogens is 564 g/mol. The Balaban J connectivity index is 1.61. The van der Waals surface area contributed by atoms with Gasteiger partial charge in [0.15, 0.2) is 11.7 Å². The molecule has 0 aliphatic carbocycles. The fourth-order valence-corrected chi connectivity index (χ4v) is 3.95. The van der Waals surface area contributed by atoms with Crippen molar-refractivity contribution in [3.05, 3.63) is 53.3 Å². The van der Waals surface area contributed by atoms with Crippen LogP contribution < -0.4 is 21.7 Å². The van der Waals surface area contributed by atoms with Gasteiger partial charge in [0.1, 0.15) is 17.3 Å². The molecule has 0 saturated heterocycles. The highest BCUT2D eigenvalue weighted by Gasteiger charge is 2.31. The lowest BCUT2D eigenvalue weighted by atomic mass is 10.2. The fourth-order valence-electron chi connectivity index (χ4n) is 3.95. The van der Waals surface area contributed by atoms with Crippen molar-refractivity contribution in [3.8, 4) is 0 Å². The molecule has 4 amide bonds. The third-order valence-corrected chi connectivity index (χ3v) is 5.85. The Labute approximate surface area is 246 Å². The van der Waals surface area contributed by atoms with E-state index in [9.17, 15) is 28.8 Å². The van der Waals surface area contributed by atoms with Gasteiger partial charge >= 0.3 is 18.0 Å². The van der Waals surface area contributed by atoms with E-state index in [1.807, 2.05) is 0 Å². The molecule has 6 N–H and O–H groups in total.